The Morgan fingerprint density at radius 3 is 2.42 bits per heavy atom. The van der Waals surface area contributed by atoms with Crippen LogP contribution < -0.4 is 10.6 Å². The summed E-state index contributed by atoms with van der Waals surface area (Å²) >= 11 is 1.35. The van der Waals surface area contributed by atoms with Crippen LogP contribution in [0.1, 0.15) is 43.3 Å². The molecule has 1 aromatic heterocycles. The van der Waals surface area contributed by atoms with Crippen LogP contribution in [0.3, 0.4) is 0 Å². The largest absolute Gasteiger partial charge is 0.351 e. The maximum absolute atomic E-state index is 12.6. The van der Waals surface area contributed by atoms with Crippen molar-refractivity contribution in [1.29, 1.82) is 0 Å². The molecule has 2 N–H and O–H groups in total. The number of piperidine rings is 1. The zero-order valence-electron chi connectivity index (χ0n) is 14.4. The number of hydrogen-bond acceptors (Lipinski definition) is 4. The number of nitrogens with one attached hydrogen (secondary N) is 2. The highest BCUT2D eigenvalue weighted by molar-refractivity contribution is 7.12. The molecule has 132 valence electrons. The van der Waals surface area contributed by atoms with Crippen molar-refractivity contribution in [3.05, 3.63) is 22.4 Å². The van der Waals surface area contributed by atoms with Gasteiger partial charge < -0.3 is 15.5 Å². The minimum Gasteiger partial charge on any atom is -0.351 e. The molecule has 1 aliphatic rings. The van der Waals surface area contributed by atoms with Gasteiger partial charge in [-0.25, -0.2) is 0 Å². The molecule has 6 nitrogen and oxygen atoms in total. The lowest BCUT2D eigenvalue weighted by atomic mass is 10.0. The van der Waals surface area contributed by atoms with Gasteiger partial charge in [-0.05, 0) is 30.2 Å². The van der Waals surface area contributed by atoms with E-state index >= 15 is 0 Å². The average molecular weight is 351 g/mol. The van der Waals surface area contributed by atoms with Gasteiger partial charge in [0.2, 0.25) is 11.8 Å². The van der Waals surface area contributed by atoms with Gasteiger partial charge in [-0.3, -0.25) is 14.4 Å². The van der Waals surface area contributed by atoms with Crippen molar-refractivity contribution >= 4 is 29.1 Å². The van der Waals surface area contributed by atoms with Gasteiger partial charge in [0.1, 0.15) is 6.04 Å². The number of amides is 3. The van der Waals surface area contributed by atoms with Crippen molar-refractivity contribution in [2.45, 2.75) is 45.7 Å². The lowest BCUT2D eigenvalue weighted by Crippen LogP contribution is -2.54. The summed E-state index contributed by atoms with van der Waals surface area (Å²) in [6.45, 7) is 6.71. The highest BCUT2D eigenvalue weighted by Gasteiger charge is 2.28. The summed E-state index contributed by atoms with van der Waals surface area (Å²) in [7, 11) is 0. The Balaban J connectivity index is 1.90. The molecule has 1 fully saturated rings. The fourth-order valence-corrected chi connectivity index (χ4v) is 3.41. The van der Waals surface area contributed by atoms with Crippen LogP contribution in [-0.2, 0) is 9.59 Å². The Morgan fingerprint density at radius 2 is 1.92 bits per heavy atom. The molecule has 2 rings (SSSR count). The molecule has 0 aromatic carbocycles. The third kappa shape index (κ3) is 4.80. The zero-order valence-corrected chi connectivity index (χ0v) is 15.2. The number of nitrogens with zero attached hydrogens (tertiary/aromatic N) is 1. The first kappa shape index (κ1) is 18.4. The van der Waals surface area contributed by atoms with Crippen LogP contribution >= 0.6 is 11.3 Å². The predicted octanol–water partition coefficient (Wildman–Crippen LogP) is 1.63. The summed E-state index contributed by atoms with van der Waals surface area (Å²) in [6.07, 6.45) is 1.49. The predicted molar refractivity (Wildman–Crippen MR) is 93.8 cm³/mol. The molecular formula is C17H25N3O3S. The molecule has 0 aliphatic carbocycles. The maximum atomic E-state index is 12.6. The summed E-state index contributed by atoms with van der Waals surface area (Å²) in [5.41, 5.74) is 0. The van der Waals surface area contributed by atoms with E-state index in [-0.39, 0.29) is 29.7 Å². The summed E-state index contributed by atoms with van der Waals surface area (Å²) < 4.78 is 0. The Hall–Kier alpha value is -1.89. The van der Waals surface area contributed by atoms with E-state index in [0.717, 1.165) is 12.8 Å². The van der Waals surface area contributed by atoms with E-state index in [9.17, 15) is 14.4 Å². The van der Waals surface area contributed by atoms with Crippen LogP contribution in [0.5, 0.6) is 0 Å². The Morgan fingerprint density at radius 1 is 1.25 bits per heavy atom. The molecule has 24 heavy (non-hydrogen) atoms. The molecule has 0 unspecified atom stereocenters. The first-order valence-corrected chi connectivity index (χ1v) is 9.16. The standard InChI is InChI=1S/C17H25N3O3S/c1-11(2)15(19-16(22)14-5-4-10-24-14)17(23)18-13-6-8-20(9-7-13)12(3)21/h4-5,10-11,13,15H,6-9H2,1-3H3,(H,18,23)(H,19,22)/t15-/m0/s1. The Kier molecular flexibility index (Phi) is 6.36. The van der Waals surface area contributed by atoms with Gasteiger partial charge in [-0.15, -0.1) is 11.3 Å². The zero-order chi connectivity index (χ0) is 17.7. The fraction of sp³-hybridized carbons (Fsp3) is 0.588. The van der Waals surface area contributed by atoms with Crippen LogP contribution in [0.2, 0.25) is 0 Å². The monoisotopic (exact) mass is 351 g/mol. The summed E-state index contributed by atoms with van der Waals surface area (Å²) in [6, 6.07) is 3.04. The normalized spacial score (nSPS) is 16.8. The van der Waals surface area contributed by atoms with Gasteiger partial charge in [0.25, 0.3) is 5.91 Å². The molecule has 1 aromatic rings. The van der Waals surface area contributed by atoms with Crippen molar-refractivity contribution in [2.24, 2.45) is 5.92 Å². The minimum atomic E-state index is -0.564. The van der Waals surface area contributed by atoms with Crippen LogP contribution in [0.15, 0.2) is 17.5 Å². The first-order chi connectivity index (χ1) is 11.4. The second kappa shape index (κ2) is 8.28. The van der Waals surface area contributed by atoms with E-state index in [1.165, 1.54) is 11.3 Å². The summed E-state index contributed by atoms with van der Waals surface area (Å²) in [5.74, 6) is -0.310. The second-order valence-corrected chi connectivity index (χ2v) is 7.41. The topological polar surface area (TPSA) is 78.5 Å². The second-order valence-electron chi connectivity index (χ2n) is 6.46. The average Bonchev–Trinajstić information content (AvgIpc) is 3.07. The molecule has 0 bridgehead atoms. The number of thiophene rings is 1. The molecule has 1 atom stereocenters. The highest BCUT2D eigenvalue weighted by atomic mass is 32.1. The van der Waals surface area contributed by atoms with Gasteiger partial charge >= 0.3 is 0 Å². The van der Waals surface area contributed by atoms with E-state index in [4.69, 9.17) is 0 Å². The fourth-order valence-electron chi connectivity index (χ4n) is 2.78. The summed E-state index contributed by atoms with van der Waals surface area (Å²) in [5, 5.41) is 7.69. The van der Waals surface area contributed by atoms with E-state index in [1.54, 1.807) is 17.9 Å². The molecule has 1 aliphatic heterocycles. The highest BCUT2D eigenvalue weighted by Crippen LogP contribution is 2.13. The SMILES string of the molecule is CC(=O)N1CCC(NC(=O)[C@@H](NC(=O)c2cccs2)C(C)C)CC1. The maximum Gasteiger partial charge on any atom is 0.262 e. The van der Waals surface area contributed by atoms with Crippen molar-refractivity contribution in [2.75, 3.05) is 13.1 Å². The van der Waals surface area contributed by atoms with Gasteiger partial charge in [-0.2, -0.15) is 0 Å². The number of rotatable bonds is 5. The molecule has 7 heteroatoms. The lowest BCUT2D eigenvalue weighted by Gasteiger charge is -2.33. The quantitative estimate of drug-likeness (QED) is 0.846. The van der Waals surface area contributed by atoms with E-state index < -0.39 is 6.04 Å². The molecule has 0 radical (unpaired) electrons. The van der Waals surface area contributed by atoms with Crippen molar-refractivity contribution in [3.63, 3.8) is 0 Å². The molecule has 3 amide bonds. The van der Waals surface area contributed by atoms with Gasteiger partial charge in [0.05, 0.1) is 4.88 Å². The molecular weight excluding hydrogens is 326 g/mol. The number of likely N-dealkylation sites (tertiary alicyclic amines) is 1. The molecule has 0 spiro atoms. The number of carbonyl (C=O) groups is 3. The number of carbonyl (C=O) groups excluding carboxylic acids is 3. The van der Waals surface area contributed by atoms with Crippen molar-refractivity contribution in [1.82, 2.24) is 15.5 Å². The van der Waals surface area contributed by atoms with Crippen molar-refractivity contribution in [3.8, 4) is 0 Å². The summed E-state index contributed by atoms with van der Waals surface area (Å²) in [4.78, 5) is 38.5. The molecule has 1 saturated heterocycles. The van der Waals surface area contributed by atoms with E-state index in [2.05, 4.69) is 10.6 Å². The van der Waals surface area contributed by atoms with Crippen LogP contribution in [0, 0.1) is 5.92 Å². The number of hydrogen-bond donors (Lipinski definition) is 2. The van der Waals surface area contributed by atoms with Crippen LogP contribution in [0.4, 0.5) is 0 Å². The Labute approximate surface area is 146 Å². The molecule has 0 saturated carbocycles. The third-order valence-electron chi connectivity index (χ3n) is 4.27. The van der Waals surface area contributed by atoms with Crippen molar-refractivity contribution < 1.29 is 14.4 Å². The minimum absolute atomic E-state index is 0.00813. The van der Waals surface area contributed by atoms with Gasteiger partial charge in [0, 0.05) is 26.1 Å². The first-order valence-electron chi connectivity index (χ1n) is 8.28. The molecule has 2 heterocycles. The van der Waals surface area contributed by atoms with Gasteiger partial charge in [0.15, 0.2) is 0 Å². The third-order valence-corrected chi connectivity index (χ3v) is 5.14. The smallest absolute Gasteiger partial charge is 0.262 e. The van der Waals surface area contributed by atoms with E-state index in [1.807, 2.05) is 25.3 Å². The van der Waals surface area contributed by atoms with Crippen LogP contribution in [0.25, 0.3) is 0 Å². The Bertz CT molecular complexity index is 578. The lowest BCUT2D eigenvalue weighted by molar-refractivity contribution is -0.130. The van der Waals surface area contributed by atoms with Gasteiger partial charge in [-0.1, -0.05) is 19.9 Å². The van der Waals surface area contributed by atoms with Crippen LogP contribution in [-0.4, -0.2) is 47.8 Å². The van der Waals surface area contributed by atoms with E-state index in [0.29, 0.717) is 18.0 Å².